The molecule has 0 saturated carbocycles. The van der Waals surface area contributed by atoms with Gasteiger partial charge in [0.2, 0.25) is 0 Å². The summed E-state index contributed by atoms with van der Waals surface area (Å²) in [6, 6.07) is 6.27. The lowest BCUT2D eigenvalue weighted by atomic mass is 10.2. The van der Waals surface area contributed by atoms with Gasteiger partial charge in [-0.25, -0.2) is 0 Å². The minimum Gasteiger partial charge on any atom is -0.326 e. The third kappa shape index (κ3) is 3.33. The van der Waals surface area contributed by atoms with E-state index in [1.54, 1.807) is 0 Å². The summed E-state index contributed by atoms with van der Waals surface area (Å²) in [5.74, 6) is 1.16. The summed E-state index contributed by atoms with van der Waals surface area (Å²) < 4.78 is 1.13. The Hall–Kier alpha value is 0.01000. The molecule has 0 aliphatic carbocycles. The molecule has 0 bridgehead atoms. The Labute approximate surface area is 92.2 Å². The summed E-state index contributed by atoms with van der Waals surface area (Å²) in [5, 5.41) is 0. The van der Waals surface area contributed by atoms with Crippen LogP contribution in [0.2, 0.25) is 0 Å². The van der Waals surface area contributed by atoms with Gasteiger partial charge in [0, 0.05) is 15.9 Å². The lowest BCUT2D eigenvalue weighted by molar-refractivity contribution is 1.02. The van der Waals surface area contributed by atoms with Gasteiger partial charge >= 0.3 is 0 Å². The van der Waals surface area contributed by atoms with Gasteiger partial charge in [0.25, 0.3) is 0 Å². The molecular weight excluding hydrogens is 246 g/mol. The maximum atomic E-state index is 5.64. The van der Waals surface area contributed by atoms with Crippen molar-refractivity contribution in [1.29, 1.82) is 0 Å². The van der Waals surface area contributed by atoms with E-state index in [2.05, 4.69) is 35.0 Å². The number of rotatable bonds is 4. The van der Waals surface area contributed by atoms with Crippen molar-refractivity contribution in [1.82, 2.24) is 0 Å². The Morgan fingerprint density at radius 1 is 1.46 bits per heavy atom. The van der Waals surface area contributed by atoms with E-state index < -0.39 is 0 Å². The van der Waals surface area contributed by atoms with E-state index in [4.69, 9.17) is 5.73 Å². The highest BCUT2D eigenvalue weighted by atomic mass is 79.9. The Bertz CT molecular complexity index is 276. The predicted molar refractivity (Wildman–Crippen MR) is 63.0 cm³/mol. The van der Waals surface area contributed by atoms with E-state index in [0.717, 1.165) is 10.2 Å². The third-order valence-electron chi connectivity index (χ3n) is 1.71. The summed E-state index contributed by atoms with van der Waals surface area (Å²) >= 11 is 5.34. The molecule has 1 nitrogen and oxygen atoms in total. The van der Waals surface area contributed by atoms with Crippen LogP contribution < -0.4 is 5.73 Å². The second-order valence-electron chi connectivity index (χ2n) is 2.80. The van der Waals surface area contributed by atoms with Crippen molar-refractivity contribution >= 4 is 27.7 Å². The average Bonchev–Trinajstić information content (AvgIpc) is 2.15. The molecule has 0 amide bonds. The Balaban J connectivity index is 2.81. The maximum Gasteiger partial charge on any atom is 0.0189 e. The first-order valence-electron chi connectivity index (χ1n) is 4.39. The smallest absolute Gasteiger partial charge is 0.0189 e. The van der Waals surface area contributed by atoms with Crippen molar-refractivity contribution in [3.05, 3.63) is 28.2 Å². The van der Waals surface area contributed by atoms with Crippen molar-refractivity contribution < 1.29 is 0 Å². The number of halogens is 1. The Morgan fingerprint density at radius 2 is 2.23 bits per heavy atom. The number of hydrogen-bond acceptors (Lipinski definition) is 2. The summed E-state index contributed by atoms with van der Waals surface area (Å²) in [4.78, 5) is 1.30. The van der Waals surface area contributed by atoms with Gasteiger partial charge < -0.3 is 5.73 Å². The van der Waals surface area contributed by atoms with Crippen molar-refractivity contribution in [3.63, 3.8) is 0 Å². The van der Waals surface area contributed by atoms with E-state index in [1.165, 1.54) is 16.9 Å². The van der Waals surface area contributed by atoms with Gasteiger partial charge in [-0.05, 0) is 29.9 Å². The monoisotopic (exact) mass is 259 g/mol. The molecule has 1 rings (SSSR count). The summed E-state index contributed by atoms with van der Waals surface area (Å²) in [5.41, 5.74) is 6.88. The zero-order valence-corrected chi connectivity index (χ0v) is 10.1. The normalized spacial score (nSPS) is 10.4. The Morgan fingerprint density at radius 3 is 2.85 bits per heavy atom. The van der Waals surface area contributed by atoms with Crippen LogP contribution in [-0.2, 0) is 6.54 Å². The molecule has 0 spiro atoms. The number of nitrogens with two attached hydrogens (primary N) is 1. The quantitative estimate of drug-likeness (QED) is 0.839. The fourth-order valence-electron chi connectivity index (χ4n) is 1.04. The number of benzene rings is 1. The van der Waals surface area contributed by atoms with Gasteiger partial charge in [-0.2, -0.15) is 0 Å². The van der Waals surface area contributed by atoms with Crippen LogP contribution in [0.4, 0.5) is 0 Å². The SMILES string of the molecule is CCCSc1cc(Br)ccc1CN. The van der Waals surface area contributed by atoms with Crippen LogP contribution in [0.1, 0.15) is 18.9 Å². The van der Waals surface area contributed by atoms with Gasteiger partial charge in [0.15, 0.2) is 0 Å². The van der Waals surface area contributed by atoms with E-state index >= 15 is 0 Å². The van der Waals surface area contributed by atoms with Crippen LogP contribution >= 0.6 is 27.7 Å². The van der Waals surface area contributed by atoms with Crippen LogP contribution in [0, 0.1) is 0 Å². The van der Waals surface area contributed by atoms with E-state index in [-0.39, 0.29) is 0 Å². The van der Waals surface area contributed by atoms with Crippen molar-refractivity contribution in [2.24, 2.45) is 5.73 Å². The minimum atomic E-state index is 0.624. The highest BCUT2D eigenvalue weighted by molar-refractivity contribution is 9.10. The summed E-state index contributed by atoms with van der Waals surface area (Å²) in [6.45, 7) is 2.81. The fraction of sp³-hybridized carbons (Fsp3) is 0.400. The fourth-order valence-corrected chi connectivity index (χ4v) is 2.53. The van der Waals surface area contributed by atoms with Crippen LogP contribution in [-0.4, -0.2) is 5.75 Å². The molecule has 1 aromatic rings. The summed E-state index contributed by atoms with van der Waals surface area (Å²) in [7, 11) is 0. The van der Waals surface area contributed by atoms with Gasteiger partial charge in [0.1, 0.15) is 0 Å². The molecule has 1 aromatic carbocycles. The van der Waals surface area contributed by atoms with Gasteiger partial charge in [-0.3, -0.25) is 0 Å². The minimum absolute atomic E-state index is 0.624. The molecule has 0 saturated heterocycles. The topological polar surface area (TPSA) is 26.0 Å². The second kappa shape index (κ2) is 5.68. The van der Waals surface area contributed by atoms with E-state index in [0.29, 0.717) is 6.54 Å². The Kier molecular flexibility index (Phi) is 4.84. The molecule has 2 N–H and O–H groups in total. The molecule has 0 radical (unpaired) electrons. The molecule has 0 heterocycles. The maximum absolute atomic E-state index is 5.64. The zero-order chi connectivity index (χ0) is 9.68. The molecule has 0 aromatic heterocycles. The van der Waals surface area contributed by atoms with Crippen molar-refractivity contribution in [3.8, 4) is 0 Å². The molecule has 0 atom stereocenters. The highest BCUT2D eigenvalue weighted by Gasteiger charge is 2.01. The van der Waals surface area contributed by atoms with Crippen LogP contribution in [0.25, 0.3) is 0 Å². The molecular formula is C10H14BrNS. The van der Waals surface area contributed by atoms with Gasteiger partial charge in [-0.1, -0.05) is 28.9 Å². The van der Waals surface area contributed by atoms with E-state index in [9.17, 15) is 0 Å². The highest BCUT2D eigenvalue weighted by Crippen LogP contribution is 2.26. The lowest BCUT2D eigenvalue weighted by Gasteiger charge is -2.06. The van der Waals surface area contributed by atoms with Crippen LogP contribution in [0.3, 0.4) is 0 Å². The predicted octanol–water partition coefficient (Wildman–Crippen LogP) is 3.41. The average molecular weight is 260 g/mol. The van der Waals surface area contributed by atoms with Crippen LogP contribution in [0.15, 0.2) is 27.6 Å². The second-order valence-corrected chi connectivity index (χ2v) is 4.86. The molecule has 0 unspecified atom stereocenters. The van der Waals surface area contributed by atoms with Crippen molar-refractivity contribution in [2.45, 2.75) is 24.8 Å². The molecule has 3 heteroatoms. The number of hydrogen-bond donors (Lipinski definition) is 1. The van der Waals surface area contributed by atoms with Crippen LogP contribution in [0.5, 0.6) is 0 Å². The first-order valence-corrected chi connectivity index (χ1v) is 6.17. The molecule has 13 heavy (non-hydrogen) atoms. The van der Waals surface area contributed by atoms with Gasteiger partial charge in [-0.15, -0.1) is 11.8 Å². The first kappa shape index (κ1) is 11.1. The van der Waals surface area contributed by atoms with Gasteiger partial charge in [0.05, 0.1) is 0 Å². The zero-order valence-electron chi connectivity index (χ0n) is 7.72. The number of thioether (sulfide) groups is 1. The lowest BCUT2D eigenvalue weighted by Crippen LogP contribution is -1.98. The standard InChI is InChI=1S/C10H14BrNS/c1-2-5-13-10-6-9(11)4-3-8(10)7-12/h3-4,6H,2,5,7,12H2,1H3. The molecule has 0 aliphatic rings. The molecule has 0 fully saturated rings. The largest absolute Gasteiger partial charge is 0.326 e. The molecule has 72 valence electrons. The molecule has 0 aliphatic heterocycles. The van der Waals surface area contributed by atoms with E-state index in [1.807, 2.05) is 17.8 Å². The summed E-state index contributed by atoms with van der Waals surface area (Å²) in [6.07, 6.45) is 1.20. The third-order valence-corrected chi connectivity index (χ3v) is 3.51. The first-order chi connectivity index (χ1) is 6.27. The van der Waals surface area contributed by atoms with Crippen molar-refractivity contribution in [2.75, 3.05) is 5.75 Å².